The molecule has 1 N–H and O–H groups in total. The SMILES string of the molecule is CC(=O)NCCC1CCCCN1Cc1cn(C)nc1-c1cccc(Cl)c1. The van der Waals surface area contributed by atoms with Gasteiger partial charge < -0.3 is 5.32 Å². The van der Waals surface area contributed by atoms with Crippen molar-refractivity contribution in [2.45, 2.75) is 45.2 Å². The summed E-state index contributed by atoms with van der Waals surface area (Å²) >= 11 is 6.17. The summed E-state index contributed by atoms with van der Waals surface area (Å²) in [5, 5.41) is 8.33. The van der Waals surface area contributed by atoms with Gasteiger partial charge >= 0.3 is 0 Å². The summed E-state index contributed by atoms with van der Waals surface area (Å²) in [6, 6.07) is 8.38. The molecule has 1 unspecified atom stereocenters. The highest BCUT2D eigenvalue weighted by atomic mass is 35.5. The van der Waals surface area contributed by atoms with Crippen LogP contribution in [-0.2, 0) is 18.4 Å². The normalized spacial score (nSPS) is 18.0. The van der Waals surface area contributed by atoms with Crippen LogP contribution in [0.5, 0.6) is 0 Å². The Hall–Kier alpha value is -1.85. The van der Waals surface area contributed by atoms with Crippen LogP contribution in [0.15, 0.2) is 30.5 Å². The first-order chi connectivity index (χ1) is 12.5. The molecule has 0 bridgehead atoms. The quantitative estimate of drug-likeness (QED) is 0.840. The average molecular weight is 375 g/mol. The van der Waals surface area contributed by atoms with Gasteiger partial charge in [-0.2, -0.15) is 5.10 Å². The number of piperidine rings is 1. The van der Waals surface area contributed by atoms with Crippen molar-refractivity contribution in [3.8, 4) is 11.3 Å². The molecule has 1 saturated heterocycles. The van der Waals surface area contributed by atoms with Crippen molar-refractivity contribution < 1.29 is 4.79 Å². The van der Waals surface area contributed by atoms with Crippen molar-refractivity contribution >= 4 is 17.5 Å². The second-order valence-corrected chi connectivity index (χ2v) is 7.52. The molecular weight excluding hydrogens is 348 g/mol. The smallest absolute Gasteiger partial charge is 0.216 e. The van der Waals surface area contributed by atoms with E-state index in [0.717, 1.165) is 42.3 Å². The van der Waals surface area contributed by atoms with Crippen molar-refractivity contribution in [3.63, 3.8) is 0 Å². The second kappa shape index (κ2) is 8.69. The first kappa shape index (κ1) is 18.9. The van der Waals surface area contributed by atoms with Gasteiger partial charge in [-0.15, -0.1) is 0 Å². The van der Waals surface area contributed by atoms with E-state index < -0.39 is 0 Å². The van der Waals surface area contributed by atoms with E-state index in [4.69, 9.17) is 11.6 Å². The molecule has 1 aliphatic rings. The van der Waals surface area contributed by atoms with Crippen LogP contribution < -0.4 is 5.32 Å². The summed E-state index contributed by atoms with van der Waals surface area (Å²) in [4.78, 5) is 13.7. The number of benzene rings is 1. The van der Waals surface area contributed by atoms with Crippen LogP contribution in [0.25, 0.3) is 11.3 Å². The van der Waals surface area contributed by atoms with Gasteiger partial charge in [0, 0.05) is 55.4 Å². The fourth-order valence-electron chi connectivity index (χ4n) is 3.76. The number of likely N-dealkylation sites (tertiary alicyclic amines) is 1. The summed E-state index contributed by atoms with van der Waals surface area (Å²) in [6.07, 6.45) is 6.77. The lowest BCUT2D eigenvalue weighted by molar-refractivity contribution is -0.119. The maximum atomic E-state index is 11.1. The molecule has 140 valence electrons. The number of amides is 1. The van der Waals surface area contributed by atoms with E-state index in [2.05, 4.69) is 27.6 Å². The Labute approximate surface area is 160 Å². The number of hydrogen-bond donors (Lipinski definition) is 1. The minimum absolute atomic E-state index is 0.0443. The lowest BCUT2D eigenvalue weighted by Crippen LogP contribution is -2.41. The first-order valence-corrected chi connectivity index (χ1v) is 9.67. The largest absolute Gasteiger partial charge is 0.356 e. The number of carbonyl (C=O) groups is 1. The Morgan fingerprint density at radius 1 is 1.38 bits per heavy atom. The molecule has 0 spiro atoms. The third kappa shape index (κ3) is 4.86. The summed E-state index contributed by atoms with van der Waals surface area (Å²) in [7, 11) is 1.96. The molecule has 5 nitrogen and oxygen atoms in total. The Kier molecular flexibility index (Phi) is 6.33. The molecule has 0 aliphatic carbocycles. The van der Waals surface area contributed by atoms with Crippen molar-refractivity contribution in [3.05, 3.63) is 41.0 Å². The van der Waals surface area contributed by atoms with Gasteiger partial charge in [0.15, 0.2) is 0 Å². The van der Waals surface area contributed by atoms with E-state index in [1.54, 1.807) is 6.92 Å². The monoisotopic (exact) mass is 374 g/mol. The number of hydrogen-bond acceptors (Lipinski definition) is 3. The van der Waals surface area contributed by atoms with E-state index in [9.17, 15) is 4.79 Å². The Morgan fingerprint density at radius 3 is 3.00 bits per heavy atom. The molecule has 1 aromatic carbocycles. The van der Waals surface area contributed by atoms with Crippen LogP contribution in [0.2, 0.25) is 5.02 Å². The molecule has 6 heteroatoms. The molecule has 1 atom stereocenters. The second-order valence-electron chi connectivity index (χ2n) is 7.08. The van der Waals surface area contributed by atoms with Crippen LogP contribution in [0, 0.1) is 0 Å². The summed E-state index contributed by atoms with van der Waals surface area (Å²) < 4.78 is 1.88. The van der Waals surface area contributed by atoms with E-state index in [1.807, 2.05) is 29.9 Å². The van der Waals surface area contributed by atoms with Crippen molar-refractivity contribution in [2.24, 2.45) is 7.05 Å². The fourth-order valence-corrected chi connectivity index (χ4v) is 3.95. The molecule has 3 rings (SSSR count). The van der Waals surface area contributed by atoms with Crippen LogP contribution >= 0.6 is 11.6 Å². The number of nitrogens with one attached hydrogen (secondary N) is 1. The molecule has 0 saturated carbocycles. The number of halogens is 1. The molecule has 1 aliphatic heterocycles. The highest BCUT2D eigenvalue weighted by molar-refractivity contribution is 6.30. The van der Waals surface area contributed by atoms with Gasteiger partial charge in [0.1, 0.15) is 0 Å². The van der Waals surface area contributed by atoms with Gasteiger partial charge in [-0.3, -0.25) is 14.4 Å². The molecule has 1 amide bonds. The van der Waals surface area contributed by atoms with Gasteiger partial charge in [0.25, 0.3) is 0 Å². The maximum absolute atomic E-state index is 11.1. The van der Waals surface area contributed by atoms with Crippen molar-refractivity contribution in [2.75, 3.05) is 13.1 Å². The Bertz CT molecular complexity index is 758. The van der Waals surface area contributed by atoms with Gasteiger partial charge in [-0.25, -0.2) is 0 Å². The maximum Gasteiger partial charge on any atom is 0.216 e. The highest BCUT2D eigenvalue weighted by Crippen LogP contribution is 2.28. The van der Waals surface area contributed by atoms with E-state index in [0.29, 0.717) is 6.04 Å². The topological polar surface area (TPSA) is 50.2 Å². The van der Waals surface area contributed by atoms with Crippen LogP contribution in [0.4, 0.5) is 0 Å². The summed E-state index contributed by atoms with van der Waals surface area (Å²) in [5.74, 6) is 0.0443. The van der Waals surface area contributed by atoms with Crippen molar-refractivity contribution in [1.82, 2.24) is 20.0 Å². The number of carbonyl (C=O) groups excluding carboxylic acids is 1. The minimum atomic E-state index is 0.0443. The van der Waals surface area contributed by atoms with Crippen LogP contribution in [0.1, 0.15) is 38.2 Å². The van der Waals surface area contributed by atoms with Crippen LogP contribution in [-0.4, -0.2) is 39.7 Å². The zero-order valence-electron chi connectivity index (χ0n) is 15.5. The molecule has 1 aromatic heterocycles. The standard InChI is InChI=1S/C20H27ClN4O/c1-15(26)22-10-9-19-8-3-4-11-25(19)14-17-13-24(2)23-20(17)16-6-5-7-18(21)12-16/h5-7,12-13,19H,3-4,8-11,14H2,1-2H3,(H,22,26). The van der Waals surface area contributed by atoms with Crippen molar-refractivity contribution in [1.29, 1.82) is 0 Å². The average Bonchev–Trinajstić information content (AvgIpc) is 2.96. The molecule has 2 heterocycles. The molecule has 1 fully saturated rings. The third-order valence-corrected chi connectivity index (χ3v) is 5.21. The van der Waals surface area contributed by atoms with E-state index in [1.165, 1.54) is 24.8 Å². The fraction of sp³-hybridized carbons (Fsp3) is 0.500. The lowest BCUT2D eigenvalue weighted by Gasteiger charge is -2.35. The zero-order valence-corrected chi connectivity index (χ0v) is 16.3. The number of rotatable bonds is 6. The predicted octanol–water partition coefficient (Wildman–Crippen LogP) is 3.62. The van der Waals surface area contributed by atoms with E-state index >= 15 is 0 Å². The Morgan fingerprint density at radius 2 is 2.23 bits per heavy atom. The minimum Gasteiger partial charge on any atom is -0.356 e. The summed E-state index contributed by atoms with van der Waals surface area (Å²) in [6.45, 7) is 4.28. The first-order valence-electron chi connectivity index (χ1n) is 9.30. The lowest BCUT2D eigenvalue weighted by atomic mass is 9.98. The highest BCUT2D eigenvalue weighted by Gasteiger charge is 2.24. The predicted molar refractivity (Wildman–Crippen MR) is 105 cm³/mol. The van der Waals surface area contributed by atoms with Gasteiger partial charge in [0.2, 0.25) is 5.91 Å². The molecule has 0 radical (unpaired) electrons. The summed E-state index contributed by atoms with van der Waals surface area (Å²) in [5.41, 5.74) is 3.28. The zero-order chi connectivity index (χ0) is 18.5. The van der Waals surface area contributed by atoms with Crippen LogP contribution in [0.3, 0.4) is 0 Å². The molecule has 2 aromatic rings. The Balaban J connectivity index is 1.75. The number of nitrogens with zero attached hydrogens (tertiary/aromatic N) is 3. The molecule has 26 heavy (non-hydrogen) atoms. The van der Waals surface area contributed by atoms with Gasteiger partial charge in [0.05, 0.1) is 5.69 Å². The van der Waals surface area contributed by atoms with Gasteiger partial charge in [-0.05, 0) is 37.9 Å². The molecular formula is C20H27ClN4O. The number of aromatic nitrogens is 2. The van der Waals surface area contributed by atoms with E-state index in [-0.39, 0.29) is 5.91 Å². The van der Waals surface area contributed by atoms with Gasteiger partial charge in [-0.1, -0.05) is 30.2 Å². The third-order valence-electron chi connectivity index (χ3n) is 4.98. The number of aryl methyl sites for hydroxylation is 1.